The molecule has 2 aromatic carbocycles. The van der Waals surface area contributed by atoms with Crippen LogP contribution in [0.1, 0.15) is 22.1 Å². The van der Waals surface area contributed by atoms with Gasteiger partial charge in [-0.15, -0.1) is 0 Å². The van der Waals surface area contributed by atoms with E-state index >= 15 is 0 Å². The molecule has 1 unspecified atom stereocenters. The van der Waals surface area contributed by atoms with E-state index in [0.717, 1.165) is 12.1 Å². The minimum absolute atomic E-state index is 0.0236. The number of hydrogen-bond acceptors (Lipinski definition) is 5. The van der Waals surface area contributed by atoms with Gasteiger partial charge in [0, 0.05) is 29.1 Å². The smallest absolute Gasteiger partial charge is 0.270 e. The van der Waals surface area contributed by atoms with Crippen LogP contribution in [-0.4, -0.2) is 44.8 Å². The highest BCUT2D eigenvalue weighted by Crippen LogP contribution is 2.26. The third-order valence-electron chi connectivity index (χ3n) is 4.70. The lowest BCUT2D eigenvalue weighted by Crippen LogP contribution is -2.36. The van der Waals surface area contributed by atoms with Crippen molar-refractivity contribution in [3.05, 3.63) is 71.6 Å². The molecule has 7 nitrogen and oxygen atoms in total. The Hall–Kier alpha value is -2.95. The van der Waals surface area contributed by atoms with E-state index in [2.05, 4.69) is 10.3 Å². The zero-order chi connectivity index (χ0) is 22.1. The zero-order valence-electron chi connectivity index (χ0n) is 16.3. The Morgan fingerprint density at radius 3 is 2.33 bits per heavy atom. The molecule has 1 aromatic heterocycles. The fraction of sp³-hybridized carbons (Fsp3) is 0.200. The normalized spacial score (nSPS) is 12.9. The van der Waals surface area contributed by atoms with Gasteiger partial charge in [0.2, 0.25) is 10.0 Å². The van der Waals surface area contributed by atoms with Gasteiger partial charge < -0.3 is 10.2 Å². The fourth-order valence-electron chi connectivity index (χ4n) is 3.25. The van der Waals surface area contributed by atoms with E-state index in [1.54, 1.807) is 25.1 Å². The van der Waals surface area contributed by atoms with Crippen LogP contribution < -0.4 is 10.5 Å². The summed E-state index contributed by atoms with van der Waals surface area (Å²) in [4.78, 5) is 18.3. The number of fused-ring (bicyclic) bond motifs is 1. The van der Waals surface area contributed by atoms with Gasteiger partial charge in [-0.2, -0.15) is 0 Å². The highest BCUT2D eigenvalue weighted by atomic mass is 32.2. The van der Waals surface area contributed by atoms with Crippen molar-refractivity contribution in [2.45, 2.75) is 10.9 Å². The average molecular weight is 434 g/mol. The Balaban J connectivity index is 1.93. The molecule has 1 amide bonds. The third kappa shape index (κ3) is 4.30. The van der Waals surface area contributed by atoms with Crippen molar-refractivity contribution < 1.29 is 22.0 Å². The van der Waals surface area contributed by atoms with Crippen molar-refractivity contribution in [1.82, 2.24) is 15.2 Å². The standard InChI is InChI=1S/C20H20F2N4O3S/c1-26(2)16(18-14(21)6-4-7-15(18)22)11-25-20(27)19-13-5-3-8-17(30(23,28)29)12(13)9-10-24-19/h3-10,16H,11H2,1-2H3,(H,25,27)(H2,23,28,29). The molecule has 0 aliphatic carbocycles. The Morgan fingerprint density at radius 2 is 1.73 bits per heavy atom. The Kier molecular flexibility index (Phi) is 6.11. The molecule has 0 aliphatic rings. The van der Waals surface area contributed by atoms with Crippen LogP contribution >= 0.6 is 0 Å². The molecular weight excluding hydrogens is 414 g/mol. The number of halogens is 2. The lowest BCUT2D eigenvalue weighted by molar-refractivity contribution is 0.0937. The van der Waals surface area contributed by atoms with Gasteiger partial charge in [0.05, 0.1) is 10.9 Å². The Labute approximate surface area is 172 Å². The summed E-state index contributed by atoms with van der Waals surface area (Å²) >= 11 is 0. The number of aromatic nitrogens is 1. The average Bonchev–Trinajstić information content (AvgIpc) is 2.68. The van der Waals surface area contributed by atoms with Gasteiger partial charge >= 0.3 is 0 Å². The van der Waals surface area contributed by atoms with Crippen molar-refractivity contribution >= 4 is 26.7 Å². The highest BCUT2D eigenvalue weighted by molar-refractivity contribution is 7.89. The fourth-order valence-corrected chi connectivity index (χ4v) is 4.01. The number of nitrogens with two attached hydrogens (primary N) is 1. The molecule has 0 saturated heterocycles. The van der Waals surface area contributed by atoms with Gasteiger partial charge in [0.15, 0.2) is 0 Å². The number of pyridine rings is 1. The second-order valence-electron chi connectivity index (χ2n) is 6.88. The van der Waals surface area contributed by atoms with Crippen LogP contribution in [0.2, 0.25) is 0 Å². The van der Waals surface area contributed by atoms with Gasteiger partial charge in [-0.05, 0) is 38.4 Å². The summed E-state index contributed by atoms with van der Waals surface area (Å²) in [5, 5.41) is 8.42. The molecule has 10 heteroatoms. The van der Waals surface area contributed by atoms with E-state index in [0.29, 0.717) is 5.39 Å². The van der Waals surface area contributed by atoms with Crippen LogP contribution in [0.15, 0.2) is 53.6 Å². The molecule has 0 saturated carbocycles. The molecule has 1 heterocycles. The van der Waals surface area contributed by atoms with Crippen molar-refractivity contribution in [1.29, 1.82) is 0 Å². The number of likely N-dealkylation sites (N-methyl/N-ethyl adjacent to an activating group) is 1. The molecule has 0 aliphatic heterocycles. The number of carbonyl (C=O) groups is 1. The quantitative estimate of drug-likeness (QED) is 0.619. The number of benzene rings is 2. The van der Waals surface area contributed by atoms with Gasteiger partial charge in [-0.3, -0.25) is 9.78 Å². The molecule has 158 valence electrons. The van der Waals surface area contributed by atoms with Gasteiger partial charge in [0.1, 0.15) is 17.3 Å². The predicted molar refractivity (Wildman–Crippen MR) is 108 cm³/mol. The third-order valence-corrected chi connectivity index (χ3v) is 5.67. The maximum absolute atomic E-state index is 14.2. The van der Waals surface area contributed by atoms with E-state index in [1.807, 2.05) is 0 Å². The van der Waals surface area contributed by atoms with E-state index in [1.165, 1.54) is 30.5 Å². The minimum atomic E-state index is -4.00. The summed E-state index contributed by atoms with van der Waals surface area (Å²) in [6.45, 7) is -0.101. The topological polar surface area (TPSA) is 105 Å². The lowest BCUT2D eigenvalue weighted by Gasteiger charge is -2.25. The van der Waals surface area contributed by atoms with Crippen molar-refractivity contribution in [2.24, 2.45) is 5.14 Å². The van der Waals surface area contributed by atoms with Crippen LogP contribution in [0.25, 0.3) is 10.8 Å². The summed E-state index contributed by atoms with van der Waals surface area (Å²) in [5.41, 5.74) is -0.185. The van der Waals surface area contributed by atoms with Crippen molar-refractivity contribution in [3.8, 4) is 0 Å². The van der Waals surface area contributed by atoms with E-state index in [9.17, 15) is 22.0 Å². The number of carbonyl (C=O) groups excluding carboxylic acids is 1. The minimum Gasteiger partial charge on any atom is -0.349 e. The Morgan fingerprint density at radius 1 is 1.10 bits per heavy atom. The second-order valence-corrected chi connectivity index (χ2v) is 8.41. The summed E-state index contributed by atoms with van der Waals surface area (Å²) < 4.78 is 52.1. The first-order chi connectivity index (χ1) is 14.1. The van der Waals surface area contributed by atoms with Crippen LogP contribution in [0.3, 0.4) is 0 Å². The number of amides is 1. The second kappa shape index (κ2) is 8.42. The summed E-state index contributed by atoms with van der Waals surface area (Å²) in [6.07, 6.45) is 1.30. The van der Waals surface area contributed by atoms with Gasteiger partial charge in [0.25, 0.3) is 5.91 Å². The predicted octanol–water partition coefficient (Wildman–Crippen LogP) is 2.19. The van der Waals surface area contributed by atoms with Crippen LogP contribution in [0.5, 0.6) is 0 Å². The largest absolute Gasteiger partial charge is 0.349 e. The van der Waals surface area contributed by atoms with Crippen LogP contribution in [-0.2, 0) is 10.0 Å². The molecule has 0 spiro atoms. The maximum Gasteiger partial charge on any atom is 0.270 e. The SMILES string of the molecule is CN(C)C(CNC(=O)c1nccc2c(S(N)(=O)=O)cccc12)c1c(F)cccc1F. The molecule has 0 radical (unpaired) electrons. The summed E-state index contributed by atoms with van der Waals surface area (Å²) in [6, 6.07) is 8.58. The van der Waals surface area contributed by atoms with E-state index in [4.69, 9.17) is 5.14 Å². The lowest BCUT2D eigenvalue weighted by atomic mass is 10.0. The molecule has 0 bridgehead atoms. The monoisotopic (exact) mass is 434 g/mol. The van der Waals surface area contributed by atoms with Crippen LogP contribution in [0.4, 0.5) is 8.78 Å². The summed E-state index contributed by atoms with van der Waals surface area (Å²) in [5.74, 6) is -2.05. The molecule has 3 aromatic rings. The van der Waals surface area contributed by atoms with E-state index in [-0.39, 0.29) is 28.1 Å². The first kappa shape index (κ1) is 21.8. The molecule has 0 fully saturated rings. The first-order valence-corrected chi connectivity index (χ1v) is 10.4. The zero-order valence-corrected chi connectivity index (χ0v) is 17.1. The molecule has 1 atom stereocenters. The first-order valence-electron chi connectivity index (χ1n) is 8.90. The molecule has 3 rings (SSSR count). The Bertz CT molecular complexity index is 1200. The number of rotatable bonds is 6. The van der Waals surface area contributed by atoms with Crippen LogP contribution in [0, 0.1) is 11.6 Å². The maximum atomic E-state index is 14.2. The highest BCUT2D eigenvalue weighted by Gasteiger charge is 2.24. The van der Waals surface area contributed by atoms with Gasteiger partial charge in [-0.1, -0.05) is 18.2 Å². The van der Waals surface area contributed by atoms with Crippen molar-refractivity contribution in [3.63, 3.8) is 0 Å². The van der Waals surface area contributed by atoms with E-state index < -0.39 is 33.6 Å². The summed E-state index contributed by atoms with van der Waals surface area (Å²) in [7, 11) is -0.732. The number of sulfonamides is 1. The van der Waals surface area contributed by atoms with Crippen molar-refractivity contribution in [2.75, 3.05) is 20.6 Å². The number of nitrogens with one attached hydrogen (secondary N) is 1. The number of nitrogens with zero attached hydrogens (tertiary/aromatic N) is 2. The molecular formula is C20H20F2N4O3S. The van der Waals surface area contributed by atoms with Gasteiger partial charge in [-0.25, -0.2) is 22.3 Å². The number of hydrogen-bond donors (Lipinski definition) is 2. The molecule has 30 heavy (non-hydrogen) atoms. The number of primary sulfonamides is 1. The molecule has 3 N–H and O–H groups in total.